The summed E-state index contributed by atoms with van der Waals surface area (Å²) in [6.07, 6.45) is 1.69. The Morgan fingerprint density at radius 3 is 1.64 bits per heavy atom. The van der Waals surface area contributed by atoms with Gasteiger partial charge in [-0.25, -0.2) is 0 Å². The summed E-state index contributed by atoms with van der Waals surface area (Å²) in [6.45, 7) is 3.17. The monoisotopic (exact) mass is 539 g/mol. The lowest BCUT2D eigenvalue weighted by molar-refractivity contribution is -0.145. The van der Waals surface area contributed by atoms with Crippen LogP contribution in [0.5, 0.6) is 0 Å². The van der Waals surface area contributed by atoms with Crippen LogP contribution in [0.3, 0.4) is 0 Å². The van der Waals surface area contributed by atoms with Crippen LogP contribution in [0, 0.1) is 0 Å². The molecule has 0 aromatic carbocycles. The predicted molar refractivity (Wildman–Crippen MR) is 132 cm³/mol. The van der Waals surface area contributed by atoms with Crippen LogP contribution in [0.2, 0.25) is 0 Å². The van der Waals surface area contributed by atoms with Crippen molar-refractivity contribution in [1.82, 2.24) is 19.6 Å². The first-order chi connectivity index (χ1) is 16.9. The molecule has 14 nitrogen and oxygen atoms in total. The number of nitrogens with two attached hydrogens (primary N) is 1. The number of carboxylic acid groups (broad SMARTS) is 3. The molecule has 0 aromatic rings. The van der Waals surface area contributed by atoms with E-state index in [1.54, 1.807) is 14.7 Å². The van der Waals surface area contributed by atoms with E-state index in [4.69, 9.17) is 15.5 Å². The van der Waals surface area contributed by atoms with E-state index in [2.05, 4.69) is 0 Å². The topological polar surface area (TPSA) is 208 Å². The summed E-state index contributed by atoms with van der Waals surface area (Å²) in [5.74, 6) is -3.00. The molecule has 1 rings (SSSR count). The van der Waals surface area contributed by atoms with Gasteiger partial charge in [0.15, 0.2) is 0 Å². The van der Waals surface area contributed by atoms with Crippen molar-refractivity contribution in [1.29, 1.82) is 0 Å². The van der Waals surface area contributed by atoms with Gasteiger partial charge >= 0.3 is 25.5 Å². The van der Waals surface area contributed by atoms with Gasteiger partial charge in [0, 0.05) is 52.4 Å². The van der Waals surface area contributed by atoms with Gasteiger partial charge in [-0.2, -0.15) is 0 Å². The van der Waals surface area contributed by atoms with Crippen molar-refractivity contribution in [3.8, 4) is 0 Å². The zero-order valence-corrected chi connectivity index (χ0v) is 21.7. The molecule has 0 amide bonds. The summed E-state index contributed by atoms with van der Waals surface area (Å²) in [4.78, 5) is 60.4. The second-order valence-electron chi connectivity index (χ2n) is 9.10. The zero-order chi connectivity index (χ0) is 27.1. The molecule has 1 atom stereocenters. The molecule has 1 unspecified atom stereocenters. The number of hydrogen-bond donors (Lipinski definition) is 6. The minimum absolute atomic E-state index is 0.222. The number of hydrogen-bond acceptors (Lipinski definition) is 9. The van der Waals surface area contributed by atoms with Crippen LogP contribution in [0.25, 0.3) is 0 Å². The van der Waals surface area contributed by atoms with Crippen LogP contribution >= 0.6 is 7.60 Å². The van der Waals surface area contributed by atoms with Crippen molar-refractivity contribution >= 4 is 25.5 Å². The summed E-state index contributed by atoms with van der Waals surface area (Å²) in [5, 5.41) is 28.6. The smallest absolute Gasteiger partial charge is 0.325 e. The molecule has 0 aromatic heterocycles. The maximum Gasteiger partial charge on any atom is 0.325 e. The largest absolute Gasteiger partial charge is 0.480 e. The van der Waals surface area contributed by atoms with E-state index >= 15 is 0 Å². The van der Waals surface area contributed by atoms with Gasteiger partial charge in [0.05, 0.1) is 19.3 Å². The fraction of sp³-hybridized carbons (Fsp3) is 0.857. The molecule has 36 heavy (non-hydrogen) atoms. The Kier molecular flexibility index (Phi) is 15.3. The van der Waals surface area contributed by atoms with Crippen molar-refractivity contribution < 1.29 is 44.1 Å². The standard InChI is InChI=1S/C21H42N5O9P/c22-5-2-1-4-18(21(31)32)26-13-11-24(16-19(27)28)9-7-23(6-3-15-36(33,34)35)8-10-25(12-14-26)17-20(29)30/h18H,1-17,22H2,(H,27,28)(H,29,30)(H,31,32)(H2,33,34,35). The summed E-state index contributed by atoms with van der Waals surface area (Å²) >= 11 is 0. The van der Waals surface area contributed by atoms with E-state index < -0.39 is 31.5 Å². The highest BCUT2D eigenvalue weighted by atomic mass is 31.2. The van der Waals surface area contributed by atoms with Crippen LogP contribution in [-0.4, -0.2) is 153 Å². The van der Waals surface area contributed by atoms with Gasteiger partial charge in [-0.1, -0.05) is 6.42 Å². The molecule has 0 spiro atoms. The molecular weight excluding hydrogens is 497 g/mol. The first-order valence-electron chi connectivity index (χ1n) is 12.2. The normalized spacial score (nSPS) is 19.3. The summed E-state index contributed by atoms with van der Waals surface area (Å²) in [7, 11) is -4.14. The van der Waals surface area contributed by atoms with Gasteiger partial charge < -0.3 is 35.7 Å². The van der Waals surface area contributed by atoms with Crippen LogP contribution in [0.4, 0.5) is 0 Å². The average molecular weight is 540 g/mol. The second kappa shape index (κ2) is 17.0. The molecule has 1 fully saturated rings. The Morgan fingerprint density at radius 1 is 0.750 bits per heavy atom. The number of carboxylic acids is 3. The van der Waals surface area contributed by atoms with Gasteiger partial charge in [-0.05, 0) is 32.4 Å². The van der Waals surface area contributed by atoms with Crippen LogP contribution in [-0.2, 0) is 18.9 Å². The van der Waals surface area contributed by atoms with Crippen LogP contribution in [0.1, 0.15) is 25.7 Å². The van der Waals surface area contributed by atoms with Crippen molar-refractivity contribution in [3.05, 3.63) is 0 Å². The highest BCUT2D eigenvalue weighted by molar-refractivity contribution is 7.51. The van der Waals surface area contributed by atoms with Crippen molar-refractivity contribution in [2.24, 2.45) is 5.73 Å². The first kappa shape index (κ1) is 32.4. The van der Waals surface area contributed by atoms with Crippen molar-refractivity contribution in [2.75, 3.05) is 84.7 Å². The van der Waals surface area contributed by atoms with E-state index in [0.29, 0.717) is 84.7 Å². The number of aliphatic carboxylic acids is 3. The van der Waals surface area contributed by atoms with Gasteiger partial charge in [-0.3, -0.25) is 33.6 Å². The summed E-state index contributed by atoms with van der Waals surface area (Å²) < 4.78 is 11.2. The highest BCUT2D eigenvalue weighted by Crippen LogP contribution is 2.34. The van der Waals surface area contributed by atoms with Crippen molar-refractivity contribution in [3.63, 3.8) is 0 Å². The molecule has 210 valence electrons. The molecule has 1 heterocycles. The quantitative estimate of drug-likeness (QED) is 0.110. The summed E-state index contributed by atoms with van der Waals surface area (Å²) in [5.41, 5.74) is 5.55. The van der Waals surface area contributed by atoms with Crippen molar-refractivity contribution in [2.45, 2.75) is 31.7 Å². The van der Waals surface area contributed by atoms with Crippen LogP contribution < -0.4 is 5.73 Å². The Hall–Kier alpha value is -1.64. The average Bonchev–Trinajstić information content (AvgIpc) is 2.75. The van der Waals surface area contributed by atoms with E-state index in [1.807, 2.05) is 4.90 Å². The van der Waals surface area contributed by atoms with Gasteiger partial charge in [0.1, 0.15) is 6.04 Å². The molecule has 1 saturated heterocycles. The molecule has 0 saturated carbocycles. The number of carbonyl (C=O) groups is 3. The Morgan fingerprint density at radius 2 is 1.22 bits per heavy atom. The Balaban J connectivity index is 3.05. The number of unbranched alkanes of at least 4 members (excludes halogenated alkanes) is 1. The third kappa shape index (κ3) is 14.8. The third-order valence-electron chi connectivity index (χ3n) is 6.17. The lowest BCUT2D eigenvalue weighted by Crippen LogP contribution is -2.51. The van der Waals surface area contributed by atoms with Crippen LogP contribution in [0.15, 0.2) is 0 Å². The van der Waals surface area contributed by atoms with Gasteiger partial charge in [-0.15, -0.1) is 0 Å². The maximum atomic E-state index is 12.0. The molecular formula is C21H42N5O9P. The predicted octanol–water partition coefficient (Wildman–Crippen LogP) is -1.47. The minimum atomic E-state index is -4.14. The third-order valence-corrected chi connectivity index (χ3v) is 7.07. The molecule has 15 heteroatoms. The molecule has 7 N–H and O–H groups in total. The second-order valence-corrected chi connectivity index (χ2v) is 10.9. The van der Waals surface area contributed by atoms with E-state index in [-0.39, 0.29) is 25.7 Å². The van der Waals surface area contributed by atoms with Gasteiger partial charge in [0.2, 0.25) is 0 Å². The fourth-order valence-electron chi connectivity index (χ4n) is 4.23. The molecule has 0 aliphatic carbocycles. The molecule has 1 aliphatic rings. The Labute approximate surface area is 211 Å². The minimum Gasteiger partial charge on any atom is -0.480 e. The lowest BCUT2D eigenvalue weighted by Gasteiger charge is -2.35. The van der Waals surface area contributed by atoms with E-state index in [0.717, 1.165) is 0 Å². The number of nitrogens with zero attached hydrogens (tertiary/aromatic N) is 4. The van der Waals surface area contributed by atoms with E-state index in [9.17, 15) is 34.3 Å². The lowest BCUT2D eigenvalue weighted by atomic mass is 10.1. The number of rotatable bonds is 14. The molecule has 0 bridgehead atoms. The fourth-order valence-corrected chi connectivity index (χ4v) is 4.78. The maximum absolute atomic E-state index is 12.0. The van der Waals surface area contributed by atoms with Gasteiger partial charge in [0.25, 0.3) is 0 Å². The molecule has 1 aliphatic heterocycles. The molecule has 0 radical (unpaired) electrons. The SMILES string of the molecule is NCCCCC(C(=O)O)N1CCN(CC(=O)O)CCN(CCCP(=O)(O)O)CCN(CC(=O)O)CC1. The highest BCUT2D eigenvalue weighted by Gasteiger charge is 2.27. The summed E-state index contributed by atoms with van der Waals surface area (Å²) in [6, 6.07) is -0.790. The zero-order valence-electron chi connectivity index (χ0n) is 20.8. The Bertz CT molecular complexity index is 707. The van der Waals surface area contributed by atoms with E-state index in [1.165, 1.54) is 0 Å². The first-order valence-corrected chi connectivity index (χ1v) is 14.0.